The third-order valence-electron chi connectivity index (χ3n) is 4.10. The lowest BCUT2D eigenvalue weighted by molar-refractivity contribution is 0.101. The quantitative estimate of drug-likeness (QED) is 0.551. The smallest absolute Gasteiger partial charge is 0.161 e. The molecule has 0 aliphatic rings. The number of Topliss-reactive ketones (excluding diaryl/α,β-unsaturated/α-hetero) is 1. The van der Waals surface area contributed by atoms with Crippen molar-refractivity contribution in [3.8, 4) is 0 Å². The zero-order valence-electron chi connectivity index (χ0n) is 13.1. The maximum Gasteiger partial charge on any atom is 0.161 e. The lowest BCUT2D eigenvalue weighted by Crippen LogP contribution is -2.01. The normalized spacial score (nSPS) is 11.1. The molecule has 1 aromatic heterocycles. The van der Waals surface area contributed by atoms with E-state index in [0.29, 0.717) is 16.6 Å². The van der Waals surface area contributed by atoms with E-state index < -0.39 is 0 Å². The molecule has 0 saturated carbocycles. The van der Waals surface area contributed by atoms with Crippen molar-refractivity contribution in [3.63, 3.8) is 0 Å². The molecule has 1 heterocycles. The first-order valence-corrected chi connectivity index (χ1v) is 8.32. The molecule has 0 radical (unpaired) electrons. The van der Waals surface area contributed by atoms with Gasteiger partial charge in [-0.05, 0) is 36.6 Å². The maximum absolute atomic E-state index is 12.0. The van der Waals surface area contributed by atoms with E-state index in [2.05, 4.69) is 17.6 Å². The topological polar surface area (TPSA) is 22.0 Å². The van der Waals surface area contributed by atoms with Gasteiger partial charge < -0.3 is 4.57 Å². The SMILES string of the molecule is CCc1cccc2c(C(C)=O)cn(Cc3ccc(Cl)cc3Cl)c12. The highest BCUT2D eigenvalue weighted by Crippen LogP contribution is 2.28. The fraction of sp³-hybridized carbons (Fsp3) is 0.211. The first kappa shape index (κ1) is 16.1. The fourth-order valence-electron chi connectivity index (χ4n) is 2.96. The van der Waals surface area contributed by atoms with Crippen molar-refractivity contribution < 1.29 is 4.79 Å². The maximum atomic E-state index is 12.0. The van der Waals surface area contributed by atoms with Crippen molar-refractivity contribution in [1.82, 2.24) is 4.57 Å². The van der Waals surface area contributed by atoms with Crippen LogP contribution in [0.25, 0.3) is 10.9 Å². The van der Waals surface area contributed by atoms with E-state index in [9.17, 15) is 4.79 Å². The first-order chi connectivity index (χ1) is 11.0. The van der Waals surface area contributed by atoms with Crippen molar-refractivity contribution in [1.29, 1.82) is 0 Å². The number of carbonyl (C=O) groups is 1. The summed E-state index contributed by atoms with van der Waals surface area (Å²) in [5, 5.41) is 2.26. The molecule has 4 heteroatoms. The molecule has 0 bridgehead atoms. The molecule has 118 valence electrons. The Bertz CT molecular complexity index is 896. The second-order valence-corrected chi connectivity index (χ2v) is 6.47. The number of para-hydroxylation sites is 1. The summed E-state index contributed by atoms with van der Waals surface area (Å²) >= 11 is 12.3. The number of rotatable bonds is 4. The van der Waals surface area contributed by atoms with Crippen LogP contribution in [0.4, 0.5) is 0 Å². The molecule has 0 atom stereocenters. The van der Waals surface area contributed by atoms with Gasteiger partial charge in [-0.1, -0.05) is 54.4 Å². The molecule has 3 aromatic rings. The molecule has 23 heavy (non-hydrogen) atoms. The molecular weight excluding hydrogens is 329 g/mol. The van der Waals surface area contributed by atoms with Crippen LogP contribution in [0.15, 0.2) is 42.6 Å². The fourth-order valence-corrected chi connectivity index (χ4v) is 3.43. The summed E-state index contributed by atoms with van der Waals surface area (Å²) in [6, 6.07) is 11.6. The lowest BCUT2D eigenvalue weighted by Gasteiger charge is -2.10. The number of carbonyl (C=O) groups excluding carboxylic acids is 1. The van der Waals surface area contributed by atoms with Crippen LogP contribution in [0.5, 0.6) is 0 Å². The monoisotopic (exact) mass is 345 g/mol. The Kier molecular flexibility index (Phi) is 4.47. The van der Waals surface area contributed by atoms with Crippen LogP contribution in [-0.2, 0) is 13.0 Å². The van der Waals surface area contributed by atoms with Crippen LogP contribution in [-0.4, -0.2) is 10.4 Å². The van der Waals surface area contributed by atoms with Gasteiger partial charge in [0.2, 0.25) is 0 Å². The van der Waals surface area contributed by atoms with Gasteiger partial charge in [0.05, 0.1) is 5.52 Å². The van der Waals surface area contributed by atoms with Gasteiger partial charge >= 0.3 is 0 Å². The molecule has 0 amide bonds. The minimum Gasteiger partial charge on any atom is -0.342 e. The van der Waals surface area contributed by atoms with Gasteiger partial charge in [0.1, 0.15) is 0 Å². The van der Waals surface area contributed by atoms with Gasteiger partial charge in [-0.3, -0.25) is 4.79 Å². The predicted molar refractivity (Wildman–Crippen MR) is 96.9 cm³/mol. The summed E-state index contributed by atoms with van der Waals surface area (Å²) in [7, 11) is 0. The molecule has 0 aliphatic carbocycles. The molecular formula is C19H17Cl2NO. The van der Waals surface area contributed by atoms with Gasteiger partial charge in [-0.25, -0.2) is 0 Å². The average Bonchev–Trinajstić information content (AvgIpc) is 2.89. The summed E-state index contributed by atoms with van der Waals surface area (Å²) in [5.74, 6) is 0.0733. The second-order valence-electron chi connectivity index (χ2n) is 5.63. The Morgan fingerprint density at radius 2 is 1.91 bits per heavy atom. The number of nitrogens with zero attached hydrogens (tertiary/aromatic N) is 1. The zero-order chi connectivity index (χ0) is 16.6. The molecule has 2 nitrogen and oxygen atoms in total. The summed E-state index contributed by atoms with van der Waals surface area (Å²) in [6.45, 7) is 4.33. The van der Waals surface area contributed by atoms with E-state index in [1.165, 1.54) is 5.56 Å². The molecule has 2 aromatic carbocycles. The number of fused-ring (bicyclic) bond motifs is 1. The summed E-state index contributed by atoms with van der Waals surface area (Å²) in [5.41, 5.74) is 4.06. The minimum absolute atomic E-state index is 0.0733. The van der Waals surface area contributed by atoms with Crippen LogP contribution in [0.1, 0.15) is 35.3 Å². The third-order valence-corrected chi connectivity index (χ3v) is 4.68. The standard InChI is InChI=1S/C19H17Cl2NO/c1-3-13-5-4-6-16-17(12(2)23)11-22(19(13)16)10-14-7-8-15(20)9-18(14)21/h4-9,11H,3,10H2,1-2H3. The lowest BCUT2D eigenvalue weighted by atomic mass is 10.1. The van der Waals surface area contributed by atoms with Crippen molar-refractivity contribution in [2.75, 3.05) is 0 Å². The van der Waals surface area contributed by atoms with E-state index in [1.54, 1.807) is 13.0 Å². The van der Waals surface area contributed by atoms with Crippen LogP contribution in [0.3, 0.4) is 0 Å². The van der Waals surface area contributed by atoms with Crippen LogP contribution < -0.4 is 0 Å². The minimum atomic E-state index is 0.0733. The summed E-state index contributed by atoms with van der Waals surface area (Å²) < 4.78 is 2.11. The van der Waals surface area contributed by atoms with Crippen molar-refractivity contribution in [3.05, 3.63) is 69.3 Å². The average molecular weight is 346 g/mol. The molecule has 0 N–H and O–H groups in total. The molecule has 0 unspecified atom stereocenters. The summed E-state index contributed by atoms with van der Waals surface area (Å²) in [4.78, 5) is 12.0. The number of aryl methyl sites for hydroxylation is 1. The van der Waals surface area contributed by atoms with E-state index in [-0.39, 0.29) is 5.78 Å². The van der Waals surface area contributed by atoms with E-state index in [0.717, 1.165) is 28.5 Å². The van der Waals surface area contributed by atoms with Gasteiger partial charge in [0.15, 0.2) is 5.78 Å². The third kappa shape index (κ3) is 3.01. The number of benzene rings is 2. The Hall–Kier alpha value is -1.77. The van der Waals surface area contributed by atoms with E-state index in [4.69, 9.17) is 23.2 Å². The van der Waals surface area contributed by atoms with Gasteiger partial charge in [0.25, 0.3) is 0 Å². The van der Waals surface area contributed by atoms with E-state index >= 15 is 0 Å². The number of halogens is 2. The van der Waals surface area contributed by atoms with E-state index in [1.807, 2.05) is 30.5 Å². The molecule has 0 fully saturated rings. The van der Waals surface area contributed by atoms with Gasteiger partial charge in [-0.15, -0.1) is 0 Å². The molecule has 0 saturated heterocycles. The Labute approximate surface area is 145 Å². The highest BCUT2D eigenvalue weighted by molar-refractivity contribution is 6.35. The predicted octanol–water partition coefficient (Wildman–Crippen LogP) is 5.76. The van der Waals surface area contributed by atoms with Crippen LogP contribution in [0, 0.1) is 0 Å². The highest BCUT2D eigenvalue weighted by atomic mass is 35.5. The molecule has 3 rings (SSSR count). The van der Waals surface area contributed by atoms with Crippen LogP contribution >= 0.6 is 23.2 Å². The Morgan fingerprint density at radius 1 is 1.13 bits per heavy atom. The Balaban J connectivity index is 2.18. The number of aromatic nitrogens is 1. The largest absolute Gasteiger partial charge is 0.342 e. The Morgan fingerprint density at radius 3 is 2.57 bits per heavy atom. The van der Waals surface area contributed by atoms with Crippen LogP contribution in [0.2, 0.25) is 10.0 Å². The second kappa shape index (κ2) is 6.38. The number of hydrogen-bond acceptors (Lipinski definition) is 1. The summed E-state index contributed by atoms with van der Waals surface area (Å²) in [6.07, 6.45) is 2.84. The van der Waals surface area contributed by atoms with Gasteiger partial charge in [-0.2, -0.15) is 0 Å². The van der Waals surface area contributed by atoms with Crippen molar-refractivity contribution in [2.45, 2.75) is 26.8 Å². The zero-order valence-corrected chi connectivity index (χ0v) is 14.6. The molecule has 0 aliphatic heterocycles. The highest BCUT2D eigenvalue weighted by Gasteiger charge is 2.15. The van der Waals surface area contributed by atoms with Gasteiger partial charge in [0, 0.05) is 33.7 Å². The number of ketones is 1. The van der Waals surface area contributed by atoms with Crippen molar-refractivity contribution in [2.24, 2.45) is 0 Å². The number of hydrogen-bond donors (Lipinski definition) is 0. The first-order valence-electron chi connectivity index (χ1n) is 7.57. The van der Waals surface area contributed by atoms with Crippen molar-refractivity contribution >= 4 is 39.9 Å². The molecule has 0 spiro atoms.